The number of ether oxygens (including phenoxy) is 2. The average Bonchev–Trinajstić information content (AvgIpc) is 3.01. The highest BCUT2D eigenvalue weighted by molar-refractivity contribution is 5.81. The Morgan fingerprint density at radius 3 is 1.74 bits per heavy atom. The number of carbonyl (C=O) groups excluding carboxylic acids is 4. The molecule has 0 radical (unpaired) electrons. The lowest BCUT2D eigenvalue weighted by Gasteiger charge is -2.31. The van der Waals surface area contributed by atoms with Crippen LogP contribution in [0.25, 0.3) is 0 Å². The molecule has 2 aromatic carbocycles. The van der Waals surface area contributed by atoms with Crippen LogP contribution < -0.4 is 20.3 Å². The van der Waals surface area contributed by atoms with Crippen molar-refractivity contribution in [1.29, 1.82) is 0 Å². The van der Waals surface area contributed by atoms with E-state index in [1.165, 1.54) is 0 Å². The minimum absolute atomic E-state index is 0.0201. The molecule has 42 heavy (non-hydrogen) atoms. The van der Waals surface area contributed by atoms with Gasteiger partial charge in [-0.1, -0.05) is 37.3 Å². The minimum Gasteiger partial charge on any atom is -0.426 e. The van der Waals surface area contributed by atoms with Gasteiger partial charge in [-0.2, -0.15) is 0 Å². The Kier molecular flexibility index (Phi) is 10.5. The molecule has 1 unspecified atom stereocenters. The molecule has 2 aliphatic carbocycles. The van der Waals surface area contributed by atoms with Crippen LogP contribution in [0.2, 0.25) is 0 Å². The van der Waals surface area contributed by atoms with Crippen molar-refractivity contribution in [2.45, 2.75) is 91.0 Å². The van der Waals surface area contributed by atoms with Crippen LogP contribution in [0.15, 0.2) is 48.5 Å². The lowest BCUT2D eigenvalue weighted by molar-refractivity contribution is -0.141. The van der Waals surface area contributed by atoms with Gasteiger partial charge < -0.3 is 14.9 Å². The molecule has 2 N–H and O–H groups in total. The number of hydrazine groups is 1. The summed E-state index contributed by atoms with van der Waals surface area (Å²) >= 11 is 0. The SMILES string of the molecule is CCC(C)(NNc1cc(OC(=O)C2CCC(C(C)=O)CC2)ccc1OC(=O)C1CCC(C(C)=O)CC1)c1ccccc1. The van der Waals surface area contributed by atoms with Crippen molar-refractivity contribution >= 4 is 29.2 Å². The van der Waals surface area contributed by atoms with Crippen molar-refractivity contribution in [1.82, 2.24) is 5.43 Å². The molecule has 2 aliphatic rings. The first-order valence-corrected chi connectivity index (χ1v) is 15.3. The van der Waals surface area contributed by atoms with Gasteiger partial charge in [0.1, 0.15) is 17.3 Å². The number of benzene rings is 2. The predicted molar refractivity (Wildman–Crippen MR) is 161 cm³/mol. The fourth-order valence-electron chi connectivity index (χ4n) is 6.00. The zero-order valence-electron chi connectivity index (χ0n) is 25.2. The molecule has 226 valence electrons. The molecule has 0 saturated heterocycles. The monoisotopic (exact) mass is 576 g/mol. The van der Waals surface area contributed by atoms with E-state index in [9.17, 15) is 19.2 Å². The van der Waals surface area contributed by atoms with E-state index in [2.05, 4.69) is 36.8 Å². The van der Waals surface area contributed by atoms with Crippen molar-refractivity contribution in [2.24, 2.45) is 23.7 Å². The highest BCUT2D eigenvalue weighted by Crippen LogP contribution is 2.36. The number of hydrogen-bond donors (Lipinski definition) is 2. The van der Waals surface area contributed by atoms with Crippen LogP contribution in [0.4, 0.5) is 5.69 Å². The van der Waals surface area contributed by atoms with Crippen LogP contribution in [-0.2, 0) is 24.7 Å². The van der Waals surface area contributed by atoms with Crippen molar-refractivity contribution < 1.29 is 28.7 Å². The van der Waals surface area contributed by atoms with E-state index in [1.54, 1.807) is 32.0 Å². The normalized spacial score (nSPS) is 23.7. The summed E-state index contributed by atoms with van der Waals surface area (Å²) in [6.07, 6.45) is 6.05. The molecule has 2 saturated carbocycles. The second-order valence-electron chi connectivity index (χ2n) is 12.1. The van der Waals surface area contributed by atoms with E-state index in [-0.39, 0.29) is 47.2 Å². The van der Waals surface area contributed by atoms with Gasteiger partial charge in [0, 0.05) is 17.9 Å². The Hall–Kier alpha value is -3.52. The molecule has 8 heteroatoms. The Morgan fingerprint density at radius 1 is 0.738 bits per heavy atom. The van der Waals surface area contributed by atoms with Gasteiger partial charge in [0.15, 0.2) is 5.75 Å². The lowest BCUT2D eigenvalue weighted by atomic mass is 9.80. The Bertz CT molecular complexity index is 1260. The third kappa shape index (κ3) is 7.85. The van der Waals surface area contributed by atoms with Gasteiger partial charge in [-0.3, -0.25) is 19.2 Å². The van der Waals surface area contributed by atoms with Crippen LogP contribution in [0, 0.1) is 23.7 Å². The fourth-order valence-corrected chi connectivity index (χ4v) is 6.00. The predicted octanol–water partition coefficient (Wildman–Crippen LogP) is 6.53. The number of Topliss-reactive ketones (excluding diaryl/α,β-unsaturated/α-hetero) is 2. The maximum absolute atomic E-state index is 13.2. The van der Waals surface area contributed by atoms with Gasteiger partial charge >= 0.3 is 11.9 Å². The van der Waals surface area contributed by atoms with E-state index < -0.39 is 5.54 Å². The third-order valence-corrected chi connectivity index (χ3v) is 9.24. The van der Waals surface area contributed by atoms with Crippen molar-refractivity contribution in [3.05, 3.63) is 54.1 Å². The number of esters is 2. The van der Waals surface area contributed by atoms with Crippen molar-refractivity contribution in [3.8, 4) is 11.5 Å². The second kappa shape index (κ2) is 14.1. The van der Waals surface area contributed by atoms with Gasteiger partial charge in [-0.25, -0.2) is 5.43 Å². The minimum atomic E-state index is -0.435. The molecular weight excluding hydrogens is 532 g/mol. The fraction of sp³-hybridized carbons (Fsp3) is 0.529. The summed E-state index contributed by atoms with van der Waals surface area (Å²) in [5, 5.41) is 0. The number of anilines is 1. The Balaban J connectivity index is 1.50. The van der Waals surface area contributed by atoms with Gasteiger partial charge in [0.25, 0.3) is 0 Å². The van der Waals surface area contributed by atoms with Crippen LogP contribution >= 0.6 is 0 Å². The summed E-state index contributed by atoms with van der Waals surface area (Å²) < 4.78 is 11.7. The van der Waals surface area contributed by atoms with E-state index in [0.717, 1.165) is 12.0 Å². The number of hydrogen-bond acceptors (Lipinski definition) is 8. The van der Waals surface area contributed by atoms with Crippen LogP contribution in [0.1, 0.15) is 91.0 Å². The maximum atomic E-state index is 13.2. The zero-order chi connectivity index (χ0) is 30.3. The van der Waals surface area contributed by atoms with E-state index >= 15 is 0 Å². The van der Waals surface area contributed by atoms with Crippen LogP contribution in [0.3, 0.4) is 0 Å². The summed E-state index contributed by atoms with van der Waals surface area (Å²) in [4.78, 5) is 49.6. The van der Waals surface area contributed by atoms with Crippen LogP contribution in [0.5, 0.6) is 11.5 Å². The molecule has 0 bridgehead atoms. The second-order valence-corrected chi connectivity index (χ2v) is 12.1. The summed E-state index contributed by atoms with van der Waals surface area (Å²) in [6, 6.07) is 15.0. The molecule has 0 aromatic heterocycles. The molecule has 0 heterocycles. The Labute approximate surface area is 248 Å². The third-order valence-electron chi connectivity index (χ3n) is 9.24. The highest BCUT2D eigenvalue weighted by atomic mass is 16.5. The first-order valence-electron chi connectivity index (χ1n) is 15.3. The largest absolute Gasteiger partial charge is 0.426 e. The topological polar surface area (TPSA) is 111 Å². The van der Waals surface area contributed by atoms with Gasteiger partial charge in [-0.05, 0) is 96.3 Å². The molecule has 0 spiro atoms. The summed E-state index contributed by atoms with van der Waals surface area (Å²) in [5.41, 5.74) is 7.77. The average molecular weight is 577 g/mol. The molecule has 1 atom stereocenters. The number of nitrogens with one attached hydrogen (secondary N) is 2. The zero-order valence-corrected chi connectivity index (χ0v) is 25.2. The molecule has 0 amide bonds. The maximum Gasteiger partial charge on any atom is 0.314 e. The first-order chi connectivity index (χ1) is 20.1. The molecule has 4 rings (SSSR count). The first kappa shape index (κ1) is 31.4. The number of ketones is 2. The smallest absolute Gasteiger partial charge is 0.314 e. The van der Waals surface area contributed by atoms with E-state index in [4.69, 9.17) is 9.47 Å². The Morgan fingerprint density at radius 2 is 1.24 bits per heavy atom. The van der Waals surface area contributed by atoms with Gasteiger partial charge in [0.05, 0.1) is 23.1 Å². The standard InChI is InChI=1S/C34H44N2O6/c1-5-34(4,28-9-7-6-8-10-28)36-35-30-21-29(41-32(39)26-15-11-24(12-16-26)22(2)37)19-20-31(30)42-33(40)27-17-13-25(14-18-27)23(3)38/h6-10,19-21,24-27,35-36H,5,11-18H2,1-4H3. The number of carbonyl (C=O) groups is 4. The quantitative estimate of drug-likeness (QED) is 0.176. The highest BCUT2D eigenvalue weighted by Gasteiger charge is 2.32. The van der Waals surface area contributed by atoms with Gasteiger partial charge in [-0.15, -0.1) is 0 Å². The van der Waals surface area contributed by atoms with Crippen molar-refractivity contribution in [2.75, 3.05) is 5.43 Å². The lowest BCUT2D eigenvalue weighted by Crippen LogP contribution is -2.42. The van der Waals surface area contributed by atoms with E-state index in [0.29, 0.717) is 68.6 Å². The van der Waals surface area contributed by atoms with Crippen LogP contribution in [-0.4, -0.2) is 23.5 Å². The summed E-state index contributed by atoms with van der Waals surface area (Å²) in [5.74, 6) is -0.0865. The van der Waals surface area contributed by atoms with Gasteiger partial charge in [0.2, 0.25) is 0 Å². The van der Waals surface area contributed by atoms with Crippen molar-refractivity contribution in [3.63, 3.8) is 0 Å². The number of rotatable bonds is 11. The summed E-state index contributed by atoms with van der Waals surface area (Å²) in [7, 11) is 0. The molecular formula is C34H44N2O6. The molecule has 8 nitrogen and oxygen atoms in total. The molecule has 2 fully saturated rings. The van der Waals surface area contributed by atoms with E-state index in [1.807, 2.05) is 18.2 Å². The molecule has 2 aromatic rings. The summed E-state index contributed by atoms with van der Waals surface area (Å²) in [6.45, 7) is 7.38. The molecule has 0 aliphatic heterocycles.